The van der Waals surface area contributed by atoms with Crippen LogP contribution in [0.15, 0.2) is 73.1 Å². The van der Waals surface area contributed by atoms with Gasteiger partial charge in [-0.1, -0.05) is 55.8 Å². The molecule has 13 heteroatoms. The van der Waals surface area contributed by atoms with Crippen molar-refractivity contribution in [1.82, 2.24) is 25.4 Å². The summed E-state index contributed by atoms with van der Waals surface area (Å²) in [6.45, 7) is 6.72. The Labute approximate surface area is 269 Å². The molecule has 46 heavy (non-hydrogen) atoms. The lowest BCUT2D eigenvalue weighted by atomic mass is 9.98. The van der Waals surface area contributed by atoms with Crippen LogP contribution in [0.3, 0.4) is 0 Å². The summed E-state index contributed by atoms with van der Waals surface area (Å²) in [6.07, 6.45) is -0.779. The van der Waals surface area contributed by atoms with Gasteiger partial charge in [-0.3, -0.25) is 9.69 Å². The highest BCUT2D eigenvalue weighted by molar-refractivity contribution is 8.01. The monoisotopic (exact) mass is 652 g/mol. The molecule has 4 aromatic rings. The normalized spacial score (nSPS) is 15.0. The number of thioether (sulfide) groups is 1. The number of anilines is 1. The van der Waals surface area contributed by atoms with Crippen molar-refractivity contribution in [2.45, 2.75) is 57.8 Å². The molecule has 1 atom stereocenters. The number of alkyl halides is 3. The largest absolute Gasteiger partial charge is 0.573 e. The highest BCUT2D eigenvalue weighted by Crippen LogP contribution is 2.35. The number of amides is 3. The van der Waals surface area contributed by atoms with E-state index >= 15 is 0 Å². The number of carbonyl (C=O) groups is 2. The van der Waals surface area contributed by atoms with Crippen LogP contribution in [0.1, 0.15) is 49.3 Å². The number of aromatic nitrogens is 3. The number of ether oxygens (including phenoxy) is 1. The van der Waals surface area contributed by atoms with Gasteiger partial charge in [0.25, 0.3) is 0 Å². The fraction of sp³-hybridized carbons (Fsp3) is 0.333. The summed E-state index contributed by atoms with van der Waals surface area (Å²) in [6, 6.07) is 19.0. The van der Waals surface area contributed by atoms with E-state index in [0.717, 1.165) is 47.2 Å². The first-order valence-corrected chi connectivity index (χ1v) is 16.0. The SMILES string of the molecule is Cc1ccc(N2C(=O)CSC2NC(=O)NCCCCc2ccc(-c3ncn(-c4ccc(OC(F)(F)F)cc4)n3)cc2)c(C(C)C)c1. The van der Waals surface area contributed by atoms with Crippen LogP contribution in [0.5, 0.6) is 5.75 Å². The second kappa shape index (κ2) is 14.3. The maximum absolute atomic E-state index is 12.8. The minimum atomic E-state index is -4.75. The summed E-state index contributed by atoms with van der Waals surface area (Å²) in [5.41, 5.74) is 5.06. The van der Waals surface area contributed by atoms with E-state index in [1.54, 1.807) is 4.90 Å². The lowest BCUT2D eigenvalue weighted by molar-refractivity contribution is -0.274. The molecular weight excluding hydrogens is 617 g/mol. The number of benzene rings is 3. The Morgan fingerprint density at radius 3 is 2.50 bits per heavy atom. The molecule has 0 saturated carbocycles. The molecule has 9 nitrogen and oxygen atoms in total. The van der Waals surface area contributed by atoms with Gasteiger partial charge in [0.15, 0.2) is 11.3 Å². The van der Waals surface area contributed by atoms with Gasteiger partial charge in [0.2, 0.25) is 5.91 Å². The number of unbranched alkanes of at least 4 members (excludes halogenated alkanes) is 1. The lowest BCUT2D eigenvalue weighted by Crippen LogP contribution is -2.49. The van der Waals surface area contributed by atoms with Crippen LogP contribution in [0.25, 0.3) is 17.1 Å². The van der Waals surface area contributed by atoms with Gasteiger partial charge < -0.3 is 15.4 Å². The van der Waals surface area contributed by atoms with E-state index in [1.165, 1.54) is 47.0 Å². The molecule has 0 radical (unpaired) electrons. The number of carbonyl (C=O) groups excluding carboxylic acids is 2. The third-order valence-electron chi connectivity index (χ3n) is 7.40. The van der Waals surface area contributed by atoms with Crippen molar-refractivity contribution in [2.75, 3.05) is 17.2 Å². The van der Waals surface area contributed by atoms with Crippen molar-refractivity contribution in [2.24, 2.45) is 0 Å². The molecule has 3 amide bonds. The summed E-state index contributed by atoms with van der Waals surface area (Å²) < 4.78 is 42.6. The average molecular weight is 653 g/mol. The average Bonchev–Trinajstić information content (AvgIpc) is 3.64. The Morgan fingerprint density at radius 2 is 1.80 bits per heavy atom. The number of halogens is 3. The molecule has 1 aromatic heterocycles. The number of nitrogens with zero attached hydrogens (tertiary/aromatic N) is 4. The highest BCUT2D eigenvalue weighted by atomic mass is 32.2. The van der Waals surface area contributed by atoms with E-state index in [-0.39, 0.29) is 23.6 Å². The molecule has 0 spiro atoms. The van der Waals surface area contributed by atoms with E-state index in [2.05, 4.69) is 45.4 Å². The number of hydrogen-bond acceptors (Lipinski definition) is 6. The minimum Gasteiger partial charge on any atom is -0.406 e. The van der Waals surface area contributed by atoms with Gasteiger partial charge >= 0.3 is 12.4 Å². The summed E-state index contributed by atoms with van der Waals surface area (Å²) in [5, 5.41) is 10.3. The molecule has 0 bridgehead atoms. The molecule has 1 aliphatic heterocycles. The maximum atomic E-state index is 12.8. The third kappa shape index (κ3) is 8.39. The van der Waals surface area contributed by atoms with Crippen molar-refractivity contribution < 1.29 is 27.5 Å². The first-order valence-electron chi connectivity index (χ1n) is 14.9. The van der Waals surface area contributed by atoms with Crippen molar-refractivity contribution in [3.63, 3.8) is 0 Å². The van der Waals surface area contributed by atoms with Gasteiger partial charge in [-0.15, -0.1) is 30.0 Å². The molecule has 3 aromatic carbocycles. The zero-order chi connectivity index (χ0) is 32.8. The topological polar surface area (TPSA) is 101 Å². The number of urea groups is 1. The van der Waals surface area contributed by atoms with Gasteiger partial charge in [0.05, 0.1) is 17.1 Å². The van der Waals surface area contributed by atoms with E-state index in [1.807, 2.05) is 43.3 Å². The molecule has 5 rings (SSSR count). The Kier molecular flexibility index (Phi) is 10.2. The van der Waals surface area contributed by atoms with Gasteiger partial charge in [0, 0.05) is 12.1 Å². The zero-order valence-electron chi connectivity index (χ0n) is 25.7. The maximum Gasteiger partial charge on any atom is 0.573 e. The van der Waals surface area contributed by atoms with Crippen LogP contribution < -0.4 is 20.3 Å². The molecule has 242 valence electrons. The summed E-state index contributed by atoms with van der Waals surface area (Å²) in [5.74, 6) is 0.701. The fourth-order valence-electron chi connectivity index (χ4n) is 5.11. The third-order valence-corrected chi connectivity index (χ3v) is 8.46. The smallest absolute Gasteiger partial charge is 0.406 e. The number of aryl methyl sites for hydroxylation is 2. The Bertz CT molecular complexity index is 1660. The molecule has 0 aliphatic carbocycles. The first-order chi connectivity index (χ1) is 22.0. The predicted octanol–water partition coefficient (Wildman–Crippen LogP) is 6.95. The van der Waals surface area contributed by atoms with Crippen LogP contribution >= 0.6 is 11.8 Å². The fourth-order valence-corrected chi connectivity index (χ4v) is 6.12. The van der Waals surface area contributed by atoms with Gasteiger partial charge in [-0.2, -0.15) is 0 Å². The summed E-state index contributed by atoms with van der Waals surface area (Å²) >= 11 is 1.40. The summed E-state index contributed by atoms with van der Waals surface area (Å²) in [7, 11) is 0. The predicted molar refractivity (Wildman–Crippen MR) is 172 cm³/mol. The van der Waals surface area contributed by atoms with Crippen LogP contribution in [-0.2, 0) is 11.2 Å². The molecule has 1 aliphatic rings. The van der Waals surface area contributed by atoms with Crippen LogP contribution in [0, 0.1) is 6.92 Å². The van der Waals surface area contributed by atoms with Gasteiger partial charge in [-0.25, -0.2) is 14.5 Å². The molecule has 1 fully saturated rings. The second-order valence-electron chi connectivity index (χ2n) is 11.3. The molecular formula is C33H35F3N6O3S. The van der Waals surface area contributed by atoms with Gasteiger partial charge in [-0.05, 0) is 73.6 Å². The molecule has 2 heterocycles. The Hall–Kier alpha value is -4.52. The Balaban J connectivity index is 1.06. The number of nitrogens with one attached hydrogen (secondary N) is 2. The number of rotatable bonds is 11. The summed E-state index contributed by atoms with van der Waals surface area (Å²) in [4.78, 5) is 31.5. The van der Waals surface area contributed by atoms with Crippen molar-refractivity contribution >= 4 is 29.4 Å². The van der Waals surface area contributed by atoms with Crippen molar-refractivity contribution in [1.29, 1.82) is 0 Å². The van der Waals surface area contributed by atoms with E-state index in [0.29, 0.717) is 23.8 Å². The first kappa shape index (κ1) is 32.9. The quantitative estimate of drug-likeness (QED) is 0.170. The highest BCUT2D eigenvalue weighted by Gasteiger charge is 2.35. The standard InChI is InChI=1S/C33H35F3N6O3S/c1-21(2)27-18-22(3)7-16-28(27)42-29(43)19-46-32(42)39-31(44)37-17-5-4-6-23-8-10-24(11-9-23)30-38-20-41(40-30)25-12-14-26(15-13-25)45-33(34,35)36/h7-16,18,20-21,32H,4-6,17,19H2,1-3H3,(H2,37,39,44). The molecule has 1 unspecified atom stereocenters. The lowest BCUT2D eigenvalue weighted by Gasteiger charge is -2.28. The van der Waals surface area contributed by atoms with E-state index < -0.39 is 11.9 Å². The van der Waals surface area contributed by atoms with Crippen LogP contribution in [-0.4, -0.2) is 50.9 Å². The second-order valence-corrected chi connectivity index (χ2v) is 12.3. The minimum absolute atomic E-state index is 0.0238. The number of hydrogen-bond donors (Lipinski definition) is 2. The Morgan fingerprint density at radius 1 is 1.07 bits per heavy atom. The van der Waals surface area contributed by atoms with Crippen LogP contribution in [0.2, 0.25) is 0 Å². The molecule has 1 saturated heterocycles. The van der Waals surface area contributed by atoms with E-state index in [9.17, 15) is 22.8 Å². The zero-order valence-corrected chi connectivity index (χ0v) is 26.5. The van der Waals surface area contributed by atoms with E-state index in [4.69, 9.17) is 0 Å². The van der Waals surface area contributed by atoms with Gasteiger partial charge in [0.1, 0.15) is 12.1 Å². The molecule has 2 N–H and O–H groups in total. The van der Waals surface area contributed by atoms with Crippen molar-refractivity contribution in [3.05, 3.63) is 89.7 Å². The van der Waals surface area contributed by atoms with Crippen molar-refractivity contribution in [3.8, 4) is 22.8 Å². The van der Waals surface area contributed by atoms with Crippen LogP contribution in [0.4, 0.5) is 23.7 Å².